The third-order valence-electron chi connectivity index (χ3n) is 2.52. The van der Waals surface area contributed by atoms with Crippen molar-refractivity contribution >= 4 is 11.6 Å². The van der Waals surface area contributed by atoms with Crippen LogP contribution in [0.25, 0.3) is 5.65 Å². The van der Waals surface area contributed by atoms with Crippen LogP contribution in [0.4, 0.5) is 0 Å². The number of carbonyl (C=O) groups excluding carboxylic acids is 1. The molecule has 0 aliphatic heterocycles. The summed E-state index contributed by atoms with van der Waals surface area (Å²) in [6.07, 6.45) is 3.11. The number of hydrogen-bond acceptors (Lipinski definition) is 5. The first-order valence-corrected chi connectivity index (χ1v) is 5.30. The Labute approximate surface area is 97.9 Å². The van der Waals surface area contributed by atoms with Crippen molar-refractivity contribution in [1.82, 2.24) is 14.6 Å². The summed E-state index contributed by atoms with van der Waals surface area (Å²) < 4.78 is 6.14. The van der Waals surface area contributed by atoms with Crippen molar-refractivity contribution in [3.05, 3.63) is 24.2 Å². The molecule has 6 nitrogen and oxygen atoms in total. The van der Waals surface area contributed by atoms with Crippen LogP contribution in [0.15, 0.2) is 18.5 Å². The van der Waals surface area contributed by atoms with Gasteiger partial charge in [-0.05, 0) is 25.0 Å². The van der Waals surface area contributed by atoms with Gasteiger partial charge < -0.3 is 9.84 Å². The van der Waals surface area contributed by atoms with Crippen molar-refractivity contribution in [2.24, 2.45) is 0 Å². The first kappa shape index (κ1) is 11.4. The average molecular weight is 235 g/mol. The highest BCUT2D eigenvalue weighted by Crippen LogP contribution is 2.17. The van der Waals surface area contributed by atoms with Crippen LogP contribution >= 0.6 is 0 Å². The monoisotopic (exact) mass is 235 g/mol. The summed E-state index contributed by atoms with van der Waals surface area (Å²) in [5.41, 5.74) is 1.33. The maximum absolute atomic E-state index is 11.0. The van der Waals surface area contributed by atoms with Gasteiger partial charge in [0.15, 0.2) is 11.4 Å². The second kappa shape index (κ2) is 4.82. The highest BCUT2D eigenvalue weighted by molar-refractivity contribution is 5.69. The molecule has 0 saturated heterocycles. The quantitative estimate of drug-likeness (QED) is 0.798. The lowest BCUT2D eigenvalue weighted by molar-refractivity contribution is -0.140. The minimum Gasteiger partial charge on any atom is -0.504 e. The SMILES string of the molecule is COC(=O)CCCc1ccc(O)c2ncnn12. The lowest BCUT2D eigenvalue weighted by atomic mass is 10.2. The van der Waals surface area contributed by atoms with Crippen LogP contribution in [-0.4, -0.2) is 32.8 Å². The number of carbonyl (C=O) groups is 1. The summed E-state index contributed by atoms with van der Waals surface area (Å²) in [6, 6.07) is 3.35. The van der Waals surface area contributed by atoms with Gasteiger partial charge >= 0.3 is 5.97 Å². The van der Waals surface area contributed by atoms with E-state index in [0.29, 0.717) is 24.9 Å². The molecule has 17 heavy (non-hydrogen) atoms. The van der Waals surface area contributed by atoms with E-state index in [0.717, 1.165) is 5.69 Å². The summed E-state index contributed by atoms with van der Waals surface area (Å²) in [4.78, 5) is 14.9. The molecule has 90 valence electrons. The van der Waals surface area contributed by atoms with Gasteiger partial charge in [-0.2, -0.15) is 5.10 Å². The minimum atomic E-state index is -0.224. The molecule has 2 heterocycles. The van der Waals surface area contributed by atoms with Crippen LogP contribution in [0.1, 0.15) is 18.5 Å². The number of rotatable bonds is 4. The van der Waals surface area contributed by atoms with Gasteiger partial charge in [0.05, 0.1) is 7.11 Å². The normalized spacial score (nSPS) is 10.6. The summed E-state index contributed by atoms with van der Waals surface area (Å²) in [5, 5.41) is 13.6. The van der Waals surface area contributed by atoms with E-state index in [4.69, 9.17) is 0 Å². The minimum absolute atomic E-state index is 0.0965. The van der Waals surface area contributed by atoms with E-state index in [1.54, 1.807) is 16.6 Å². The Bertz CT molecular complexity index is 536. The van der Waals surface area contributed by atoms with Crippen molar-refractivity contribution < 1.29 is 14.6 Å². The smallest absolute Gasteiger partial charge is 0.305 e. The second-order valence-electron chi connectivity index (χ2n) is 3.64. The fourth-order valence-corrected chi connectivity index (χ4v) is 1.65. The number of pyridine rings is 1. The van der Waals surface area contributed by atoms with Gasteiger partial charge in [-0.3, -0.25) is 4.79 Å². The highest BCUT2D eigenvalue weighted by atomic mass is 16.5. The Kier molecular flexibility index (Phi) is 3.22. The Balaban J connectivity index is 2.11. The van der Waals surface area contributed by atoms with Crippen LogP contribution in [0.5, 0.6) is 5.75 Å². The van der Waals surface area contributed by atoms with Gasteiger partial charge in [0.1, 0.15) is 6.33 Å². The topological polar surface area (TPSA) is 76.7 Å². The molecule has 0 unspecified atom stereocenters. The summed E-state index contributed by atoms with van der Waals surface area (Å²) >= 11 is 0. The average Bonchev–Trinajstić information content (AvgIpc) is 2.82. The van der Waals surface area contributed by atoms with Crippen LogP contribution in [0.3, 0.4) is 0 Å². The molecule has 1 N–H and O–H groups in total. The molecule has 0 aliphatic carbocycles. The van der Waals surface area contributed by atoms with E-state index >= 15 is 0 Å². The van der Waals surface area contributed by atoms with Crippen LogP contribution in [0.2, 0.25) is 0 Å². The molecule has 0 radical (unpaired) electrons. The molecule has 0 fully saturated rings. The summed E-state index contributed by atoms with van der Waals surface area (Å²) in [6.45, 7) is 0. The third-order valence-corrected chi connectivity index (χ3v) is 2.52. The summed E-state index contributed by atoms with van der Waals surface area (Å²) in [5.74, 6) is -0.127. The van der Waals surface area contributed by atoms with E-state index in [-0.39, 0.29) is 11.7 Å². The molecule has 2 rings (SSSR count). The number of aromatic hydroxyl groups is 1. The zero-order valence-electron chi connectivity index (χ0n) is 9.46. The lowest BCUT2D eigenvalue weighted by Crippen LogP contribution is -2.03. The van der Waals surface area contributed by atoms with E-state index in [1.807, 2.05) is 0 Å². The molecule has 0 bridgehead atoms. The fraction of sp³-hybridized carbons (Fsp3) is 0.364. The zero-order chi connectivity index (χ0) is 12.3. The van der Waals surface area contributed by atoms with Crippen LogP contribution in [0, 0.1) is 0 Å². The number of hydrogen-bond donors (Lipinski definition) is 1. The van der Waals surface area contributed by atoms with Crippen molar-refractivity contribution in [3.63, 3.8) is 0 Å². The number of aromatic nitrogens is 3. The predicted molar refractivity (Wildman–Crippen MR) is 59.6 cm³/mol. The molecule has 0 aliphatic rings. The molecule has 0 amide bonds. The van der Waals surface area contributed by atoms with Gasteiger partial charge in [-0.25, -0.2) is 9.50 Å². The van der Waals surface area contributed by atoms with Crippen molar-refractivity contribution in [2.75, 3.05) is 7.11 Å². The number of fused-ring (bicyclic) bond motifs is 1. The lowest BCUT2D eigenvalue weighted by Gasteiger charge is -2.04. The first-order valence-electron chi connectivity index (χ1n) is 5.30. The predicted octanol–water partition coefficient (Wildman–Crippen LogP) is 0.931. The molecule has 0 aromatic carbocycles. The van der Waals surface area contributed by atoms with Crippen molar-refractivity contribution in [3.8, 4) is 5.75 Å². The van der Waals surface area contributed by atoms with Gasteiger partial charge in [0.25, 0.3) is 0 Å². The zero-order valence-corrected chi connectivity index (χ0v) is 9.46. The van der Waals surface area contributed by atoms with E-state index < -0.39 is 0 Å². The highest BCUT2D eigenvalue weighted by Gasteiger charge is 2.08. The van der Waals surface area contributed by atoms with E-state index in [9.17, 15) is 9.90 Å². The maximum Gasteiger partial charge on any atom is 0.305 e. The molecular weight excluding hydrogens is 222 g/mol. The second-order valence-corrected chi connectivity index (χ2v) is 3.64. The van der Waals surface area contributed by atoms with Crippen molar-refractivity contribution in [1.29, 1.82) is 0 Å². The Morgan fingerprint density at radius 3 is 3.12 bits per heavy atom. The number of esters is 1. The molecule has 2 aromatic heterocycles. The van der Waals surface area contributed by atoms with Gasteiger partial charge in [0.2, 0.25) is 0 Å². The van der Waals surface area contributed by atoms with Crippen molar-refractivity contribution in [2.45, 2.75) is 19.3 Å². The summed E-state index contributed by atoms with van der Waals surface area (Å²) in [7, 11) is 1.37. The largest absolute Gasteiger partial charge is 0.504 e. The molecule has 0 saturated carbocycles. The number of aryl methyl sites for hydroxylation is 1. The first-order chi connectivity index (χ1) is 8.22. The van der Waals surface area contributed by atoms with Gasteiger partial charge in [-0.15, -0.1) is 0 Å². The van der Waals surface area contributed by atoms with E-state index in [1.165, 1.54) is 13.4 Å². The fourth-order valence-electron chi connectivity index (χ4n) is 1.65. The van der Waals surface area contributed by atoms with Gasteiger partial charge in [0, 0.05) is 12.1 Å². The number of nitrogens with zero attached hydrogens (tertiary/aromatic N) is 3. The Morgan fingerprint density at radius 1 is 1.53 bits per heavy atom. The van der Waals surface area contributed by atoms with Crippen LogP contribution < -0.4 is 0 Å². The standard InChI is InChI=1S/C11H13N3O3/c1-17-10(16)4-2-3-8-5-6-9(15)11-12-7-13-14(8)11/h5-7,15H,2-4H2,1H3. The van der Waals surface area contributed by atoms with E-state index in [2.05, 4.69) is 14.8 Å². The third kappa shape index (κ3) is 2.35. The van der Waals surface area contributed by atoms with Crippen LogP contribution in [-0.2, 0) is 16.0 Å². The maximum atomic E-state index is 11.0. The van der Waals surface area contributed by atoms with Gasteiger partial charge in [-0.1, -0.05) is 0 Å². The number of ether oxygens (including phenoxy) is 1. The molecule has 2 aromatic rings. The molecular formula is C11H13N3O3. The number of methoxy groups -OCH3 is 1. The molecule has 0 spiro atoms. The Hall–Kier alpha value is -2.11. The molecule has 0 atom stereocenters. The molecule has 6 heteroatoms. The Morgan fingerprint density at radius 2 is 2.35 bits per heavy atom.